The van der Waals surface area contributed by atoms with Crippen molar-refractivity contribution in [3.8, 4) is 0 Å². The van der Waals surface area contributed by atoms with E-state index < -0.39 is 80.8 Å². The van der Waals surface area contributed by atoms with Gasteiger partial charge < -0.3 is 19.3 Å². The Morgan fingerprint density at radius 1 is 0.654 bits per heavy atom. The van der Waals surface area contributed by atoms with Crippen LogP contribution in [0, 0.1) is 0 Å². The van der Waals surface area contributed by atoms with Crippen LogP contribution in [0.4, 0.5) is 26.3 Å². The highest BCUT2D eigenvalue weighted by Gasteiger charge is 2.46. The Hall–Kier alpha value is -4.66. The van der Waals surface area contributed by atoms with Gasteiger partial charge in [0.2, 0.25) is 5.76 Å². The molecule has 0 saturated heterocycles. The number of esters is 1. The van der Waals surface area contributed by atoms with Gasteiger partial charge in [-0.25, -0.2) is 9.36 Å². The van der Waals surface area contributed by atoms with Crippen molar-refractivity contribution < 1.29 is 68.6 Å². The van der Waals surface area contributed by atoms with Crippen LogP contribution in [0.15, 0.2) is 121 Å². The molecule has 0 amide bonds. The molecule has 0 fully saturated rings. The molecule has 0 aromatic heterocycles. The zero-order valence-electron chi connectivity index (χ0n) is 27.0. The minimum absolute atomic E-state index is 0.00103. The third kappa shape index (κ3) is 10.5. The lowest BCUT2D eigenvalue weighted by Crippen LogP contribution is -2.35. The molecule has 1 N–H and O–H groups in total. The highest BCUT2D eigenvalue weighted by Crippen LogP contribution is 2.53. The number of cyclic esters (lactones) is 1. The van der Waals surface area contributed by atoms with Gasteiger partial charge in [-0.1, -0.05) is 84.9 Å². The summed E-state index contributed by atoms with van der Waals surface area (Å²) in [5.74, 6) is -2.36. The summed E-state index contributed by atoms with van der Waals surface area (Å²) in [7, 11) is -4.63. The summed E-state index contributed by atoms with van der Waals surface area (Å²) in [5, 5.41) is 10.4. The maximum Gasteiger partial charge on any atom is 0.475 e. The molecule has 1 heterocycles. The van der Waals surface area contributed by atoms with Crippen LogP contribution < -0.4 is 0 Å². The van der Waals surface area contributed by atoms with Gasteiger partial charge in [-0.2, -0.15) is 26.3 Å². The Bertz CT molecular complexity index is 1840. The third-order valence-electron chi connectivity index (χ3n) is 7.43. The standard InChI is InChI=1S/C36H31F6O9P/c37-35(38,39)28-15-7-13-26(17-28)20-46-32-31(50-34(44)33(32)47-21-27-14-8-16-29(18-27)36(40,41)42)30(19-43)51-52(45,48-22-24-9-3-1-4-10-24)49-23-25-11-5-2-6-12-25/h1-18,30-31,43H,19-23H2/t30-,31+/m0/s1. The van der Waals surface area contributed by atoms with Crippen LogP contribution in [0.5, 0.6) is 0 Å². The number of rotatable bonds is 16. The molecule has 4 aromatic carbocycles. The fraction of sp³-hybridized carbons (Fsp3) is 0.250. The van der Waals surface area contributed by atoms with E-state index in [1.807, 2.05) is 0 Å². The first-order valence-corrected chi connectivity index (χ1v) is 17.0. The van der Waals surface area contributed by atoms with Crippen LogP contribution in [-0.2, 0) is 75.9 Å². The lowest BCUT2D eigenvalue weighted by Gasteiger charge is -2.27. The first kappa shape index (κ1) is 38.6. The van der Waals surface area contributed by atoms with E-state index in [2.05, 4.69) is 0 Å². The molecule has 1 aliphatic heterocycles. The molecule has 0 unspecified atom stereocenters. The molecule has 0 bridgehead atoms. The van der Waals surface area contributed by atoms with Gasteiger partial charge in [0.25, 0.3) is 0 Å². The normalized spacial score (nSPS) is 15.8. The van der Waals surface area contributed by atoms with Crippen molar-refractivity contribution in [2.45, 2.75) is 51.0 Å². The Morgan fingerprint density at radius 3 is 1.58 bits per heavy atom. The molecule has 4 aromatic rings. The van der Waals surface area contributed by atoms with Crippen molar-refractivity contribution in [3.05, 3.63) is 154 Å². The summed E-state index contributed by atoms with van der Waals surface area (Å²) in [6, 6.07) is 25.3. The van der Waals surface area contributed by atoms with E-state index in [1.54, 1.807) is 60.7 Å². The second-order valence-corrected chi connectivity index (χ2v) is 12.9. The van der Waals surface area contributed by atoms with Crippen LogP contribution in [0.2, 0.25) is 0 Å². The molecular formula is C36H31F6O9P. The molecule has 1 aliphatic rings. The van der Waals surface area contributed by atoms with Crippen LogP contribution in [0.3, 0.4) is 0 Å². The van der Waals surface area contributed by atoms with Gasteiger partial charge in [-0.3, -0.25) is 13.6 Å². The summed E-state index contributed by atoms with van der Waals surface area (Å²) in [5.41, 5.74) is -0.801. The minimum Gasteiger partial charge on any atom is -0.485 e. The zero-order valence-corrected chi connectivity index (χ0v) is 27.9. The molecule has 5 rings (SSSR count). The number of alkyl halides is 6. The predicted molar refractivity (Wildman–Crippen MR) is 171 cm³/mol. The molecule has 0 radical (unpaired) electrons. The number of ether oxygens (including phenoxy) is 3. The maximum absolute atomic E-state index is 14.1. The summed E-state index contributed by atoms with van der Waals surface area (Å²) in [6.07, 6.45) is -12.8. The average Bonchev–Trinajstić information content (AvgIpc) is 3.45. The second-order valence-electron chi connectivity index (χ2n) is 11.3. The lowest BCUT2D eigenvalue weighted by molar-refractivity contribution is -0.149. The Balaban J connectivity index is 1.44. The average molecular weight is 753 g/mol. The molecule has 16 heteroatoms. The SMILES string of the molecule is O=C1O[C@H]([C@H](CO)OP(=O)(OCc2ccccc2)OCc2ccccc2)C(OCc2cccc(C(F)(F)F)c2)=C1OCc1cccc(C(F)(F)F)c1. The Labute approximate surface area is 293 Å². The molecule has 0 saturated carbocycles. The summed E-state index contributed by atoms with van der Waals surface area (Å²) in [4.78, 5) is 13.2. The number of aliphatic hydroxyl groups is 1. The number of benzene rings is 4. The molecule has 276 valence electrons. The summed E-state index contributed by atoms with van der Waals surface area (Å²) >= 11 is 0. The van der Waals surface area contributed by atoms with Gasteiger partial charge in [-0.15, -0.1) is 0 Å². The molecule has 52 heavy (non-hydrogen) atoms. The number of aliphatic hydroxyl groups excluding tert-OH is 1. The molecule has 2 atom stereocenters. The van der Waals surface area contributed by atoms with Gasteiger partial charge >= 0.3 is 26.1 Å². The first-order valence-electron chi connectivity index (χ1n) is 15.5. The highest BCUT2D eigenvalue weighted by molar-refractivity contribution is 7.48. The summed E-state index contributed by atoms with van der Waals surface area (Å²) in [6.45, 7) is -2.71. The van der Waals surface area contributed by atoms with Crippen LogP contribution in [-0.4, -0.2) is 29.9 Å². The van der Waals surface area contributed by atoms with Crippen molar-refractivity contribution in [1.29, 1.82) is 0 Å². The predicted octanol–water partition coefficient (Wildman–Crippen LogP) is 8.51. The number of halogens is 6. The van der Waals surface area contributed by atoms with Crippen molar-refractivity contribution >= 4 is 13.8 Å². The third-order valence-corrected chi connectivity index (χ3v) is 8.85. The van der Waals surface area contributed by atoms with E-state index in [-0.39, 0.29) is 24.3 Å². The van der Waals surface area contributed by atoms with Crippen molar-refractivity contribution in [1.82, 2.24) is 0 Å². The number of hydrogen-bond donors (Lipinski definition) is 1. The first-order chi connectivity index (χ1) is 24.7. The quantitative estimate of drug-likeness (QED) is 0.0685. The number of carbonyl (C=O) groups is 1. The smallest absolute Gasteiger partial charge is 0.475 e. The molecule has 0 aliphatic carbocycles. The van der Waals surface area contributed by atoms with E-state index in [0.717, 1.165) is 36.4 Å². The van der Waals surface area contributed by atoms with E-state index in [0.29, 0.717) is 11.1 Å². The zero-order chi connectivity index (χ0) is 37.4. The van der Waals surface area contributed by atoms with Gasteiger partial charge in [0, 0.05) is 0 Å². The topological polar surface area (TPSA) is 110 Å². The molecule has 9 nitrogen and oxygen atoms in total. The van der Waals surface area contributed by atoms with E-state index in [1.165, 1.54) is 12.1 Å². The number of phosphoric ester groups is 1. The van der Waals surface area contributed by atoms with Crippen LogP contribution in [0.1, 0.15) is 33.4 Å². The maximum atomic E-state index is 14.1. The second kappa shape index (κ2) is 16.8. The fourth-order valence-electron chi connectivity index (χ4n) is 4.87. The summed E-state index contributed by atoms with van der Waals surface area (Å²) < 4.78 is 128. The van der Waals surface area contributed by atoms with Gasteiger partial charge in [0.1, 0.15) is 19.3 Å². The lowest BCUT2D eigenvalue weighted by atomic mass is 10.1. The van der Waals surface area contributed by atoms with Crippen molar-refractivity contribution in [3.63, 3.8) is 0 Å². The molecule has 0 spiro atoms. The van der Waals surface area contributed by atoms with Crippen LogP contribution >= 0.6 is 7.82 Å². The number of phosphoric acid groups is 1. The minimum atomic E-state index is -4.68. The molecular weight excluding hydrogens is 721 g/mol. The van der Waals surface area contributed by atoms with E-state index >= 15 is 0 Å². The fourth-order valence-corrected chi connectivity index (χ4v) is 6.19. The largest absolute Gasteiger partial charge is 0.485 e. The number of hydrogen-bond acceptors (Lipinski definition) is 9. The Kier molecular flexibility index (Phi) is 12.4. The monoisotopic (exact) mass is 752 g/mol. The van der Waals surface area contributed by atoms with Crippen LogP contribution in [0.25, 0.3) is 0 Å². The van der Waals surface area contributed by atoms with E-state index in [9.17, 15) is 40.8 Å². The van der Waals surface area contributed by atoms with Gasteiger partial charge in [0.05, 0.1) is 30.9 Å². The highest BCUT2D eigenvalue weighted by atomic mass is 31.2. The van der Waals surface area contributed by atoms with Gasteiger partial charge in [-0.05, 0) is 46.5 Å². The Morgan fingerprint density at radius 2 is 1.12 bits per heavy atom. The number of carbonyl (C=O) groups excluding carboxylic acids is 1. The van der Waals surface area contributed by atoms with E-state index in [4.69, 9.17) is 27.8 Å². The van der Waals surface area contributed by atoms with Gasteiger partial charge in [0.15, 0.2) is 11.9 Å². The van der Waals surface area contributed by atoms with Crippen molar-refractivity contribution in [2.75, 3.05) is 6.61 Å². The van der Waals surface area contributed by atoms with Crippen molar-refractivity contribution in [2.24, 2.45) is 0 Å².